The van der Waals surface area contributed by atoms with Crippen LogP contribution in [0.15, 0.2) is 18.3 Å². The quantitative estimate of drug-likeness (QED) is 0.585. The van der Waals surface area contributed by atoms with Crippen LogP contribution in [0.3, 0.4) is 0 Å². The van der Waals surface area contributed by atoms with Crippen LogP contribution in [-0.4, -0.2) is 4.98 Å². The molecule has 0 bridgehead atoms. The molecule has 2 aromatic rings. The molecule has 0 saturated heterocycles. The van der Waals surface area contributed by atoms with Gasteiger partial charge < -0.3 is 5.43 Å². The maximum absolute atomic E-state index is 8.92. The van der Waals surface area contributed by atoms with Crippen molar-refractivity contribution in [3.05, 3.63) is 34.5 Å². The summed E-state index contributed by atoms with van der Waals surface area (Å²) in [5.74, 6) is 5.42. The highest BCUT2D eigenvalue weighted by atomic mass is 35.5. The Hall–Kier alpha value is -1.83. The number of aromatic nitrogens is 1. The number of hydrazine groups is 1. The first kappa shape index (κ1) is 10.7. The number of nitrogens with two attached hydrogens (primary N) is 1. The van der Waals surface area contributed by atoms with Gasteiger partial charge in [-0.3, -0.25) is 10.8 Å². The van der Waals surface area contributed by atoms with Gasteiger partial charge in [-0.1, -0.05) is 11.6 Å². The lowest BCUT2D eigenvalue weighted by atomic mass is 10.1. The van der Waals surface area contributed by atoms with Gasteiger partial charge in [-0.25, -0.2) is 0 Å². The summed E-state index contributed by atoms with van der Waals surface area (Å²) in [6, 6.07) is 5.65. The van der Waals surface area contributed by atoms with Crippen LogP contribution in [0.4, 0.5) is 5.69 Å². The van der Waals surface area contributed by atoms with Gasteiger partial charge in [0, 0.05) is 16.6 Å². The number of aryl methyl sites for hydroxylation is 1. The number of nitrogen functional groups attached to an aromatic ring is 1. The van der Waals surface area contributed by atoms with Gasteiger partial charge in [-0.05, 0) is 24.6 Å². The van der Waals surface area contributed by atoms with Crippen LogP contribution in [-0.2, 0) is 0 Å². The fourth-order valence-electron chi connectivity index (χ4n) is 1.56. The van der Waals surface area contributed by atoms with Crippen molar-refractivity contribution in [2.45, 2.75) is 6.92 Å². The molecule has 0 aliphatic carbocycles. The number of rotatable bonds is 1. The Morgan fingerprint density at radius 1 is 1.50 bits per heavy atom. The maximum atomic E-state index is 8.92. The first-order valence-electron chi connectivity index (χ1n) is 4.63. The Balaban J connectivity index is 2.88. The molecule has 16 heavy (non-hydrogen) atoms. The van der Waals surface area contributed by atoms with Crippen molar-refractivity contribution >= 4 is 28.2 Å². The molecule has 2 rings (SSSR count). The lowest BCUT2D eigenvalue weighted by Gasteiger charge is -2.08. The Morgan fingerprint density at radius 2 is 2.25 bits per heavy atom. The Kier molecular flexibility index (Phi) is 2.65. The summed E-state index contributed by atoms with van der Waals surface area (Å²) in [5.41, 5.74) is 5.15. The highest BCUT2D eigenvalue weighted by molar-refractivity contribution is 6.32. The van der Waals surface area contributed by atoms with E-state index in [1.54, 1.807) is 6.07 Å². The number of benzene rings is 1. The van der Waals surface area contributed by atoms with E-state index in [-0.39, 0.29) is 0 Å². The van der Waals surface area contributed by atoms with Crippen LogP contribution < -0.4 is 11.3 Å². The molecule has 0 amide bonds. The van der Waals surface area contributed by atoms with Crippen molar-refractivity contribution in [3.8, 4) is 6.07 Å². The fraction of sp³-hybridized carbons (Fsp3) is 0.0909. The lowest BCUT2D eigenvalue weighted by molar-refractivity contribution is 1.30. The molecule has 0 unspecified atom stereocenters. The average molecular weight is 233 g/mol. The standard InChI is InChI=1S/C11H9ClN4/c1-6-2-8-10(3-9(6)12)15-5-7(4-13)11(8)16-14/h2-3,5H,14H2,1H3,(H,15,16). The number of anilines is 1. The van der Waals surface area contributed by atoms with E-state index in [9.17, 15) is 0 Å². The van der Waals surface area contributed by atoms with Crippen molar-refractivity contribution in [1.29, 1.82) is 5.26 Å². The number of hydrogen-bond donors (Lipinski definition) is 2. The fourth-order valence-corrected chi connectivity index (χ4v) is 1.72. The van der Waals surface area contributed by atoms with E-state index in [1.165, 1.54) is 6.20 Å². The molecule has 0 spiro atoms. The second-order valence-electron chi connectivity index (χ2n) is 3.42. The van der Waals surface area contributed by atoms with Crippen LogP contribution in [0.1, 0.15) is 11.1 Å². The molecule has 1 aromatic carbocycles. The predicted octanol–water partition coefficient (Wildman–Crippen LogP) is 2.35. The van der Waals surface area contributed by atoms with E-state index in [4.69, 9.17) is 22.7 Å². The molecule has 0 aliphatic heterocycles. The number of pyridine rings is 1. The van der Waals surface area contributed by atoms with Gasteiger partial charge >= 0.3 is 0 Å². The van der Waals surface area contributed by atoms with Gasteiger partial charge in [-0.2, -0.15) is 5.26 Å². The molecule has 0 aliphatic rings. The summed E-state index contributed by atoms with van der Waals surface area (Å²) in [7, 11) is 0. The van der Waals surface area contributed by atoms with Crippen molar-refractivity contribution in [1.82, 2.24) is 4.98 Å². The largest absolute Gasteiger partial charge is 0.322 e. The van der Waals surface area contributed by atoms with Gasteiger partial charge in [0.2, 0.25) is 0 Å². The molecule has 4 nitrogen and oxygen atoms in total. The van der Waals surface area contributed by atoms with E-state index in [0.717, 1.165) is 10.9 Å². The average Bonchev–Trinajstić information content (AvgIpc) is 2.29. The van der Waals surface area contributed by atoms with E-state index < -0.39 is 0 Å². The highest BCUT2D eigenvalue weighted by Gasteiger charge is 2.09. The van der Waals surface area contributed by atoms with E-state index in [0.29, 0.717) is 21.8 Å². The predicted molar refractivity (Wildman–Crippen MR) is 64.0 cm³/mol. The second-order valence-corrected chi connectivity index (χ2v) is 3.83. The monoisotopic (exact) mass is 232 g/mol. The zero-order valence-electron chi connectivity index (χ0n) is 8.58. The normalized spacial score (nSPS) is 10.1. The van der Waals surface area contributed by atoms with E-state index >= 15 is 0 Å². The van der Waals surface area contributed by atoms with Crippen molar-refractivity contribution in [2.24, 2.45) is 5.84 Å². The van der Waals surface area contributed by atoms with Crippen molar-refractivity contribution in [2.75, 3.05) is 5.43 Å². The number of nitriles is 1. The summed E-state index contributed by atoms with van der Waals surface area (Å²) in [6.07, 6.45) is 1.48. The summed E-state index contributed by atoms with van der Waals surface area (Å²) < 4.78 is 0. The molecule has 0 atom stereocenters. The molecule has 1 heterocycles. The SMILES string of the molecule is Cc1cc2c(NN)c(C#N)cnc2cc1Cl. The number of nitrogens with one attached hydrogen (secondary N) is 1. The highest BCUT2D eigenvalue weighted by Crippen LogP contribution is 2.29. The number of fused-ring (bicyclic) bond motifs is 1. The first-order valence-corrected chi connectivity index (χ1v) is 5.00. The lowest BCUT2D eigenvalue weighted by Crippen LogP contribution is -2.09. The van der Waals surface area contributed by atoms with E-state index in [2.05, 4.69) is 10.4 Å². The zero-order valence-corrected chi connectivity index (χ0v) is 9.34. The number of nitrogens with zero attached hydrogens (tertiary/aromatic N) is 2. The topological polar surface area (TPSA) is 74.7 Å². The third kappa shape index (κ3) is 1.56. The molecule has 0 saturated carbocycles. The van der Waals surface area contributed by atoms with Gasteiger partial charge in [0.25, 0.3) is 0 Å². The first-order chi connectivity index (χ1) is 7.67. The minimum Gasteiger partial charge on any atom is -0.322 e. The Bertz CT molecular complexity index is 601. The minimum absolute atomic E-state index is 0.414. The summed E-state index contributed by atoms with van der Waals surface area (Å²) >= 11 is 6.00. The second kappa shape index (κ2) is 3.97. The third-order valence-electron chi connectivity index (χ3n) is 2.41. The molecule has 0 radical (unpaired) electrons. The zero-order chi connectivity index (χ0) is 11.7. The molecule has 5 heteroatoms. The molecule has 3 N–H and O–H groups in total. The maximum Gasteiger partial charge on any atom is 0.103 e. The van der Waals surface area contributed by atoms with Crippen LogP contribution in [0.2, 0.25) is 5.02 Å². The molecular formula is C11H9ClN4. The van der Waals surface area contributed by atoms with Crippen LogP contribution in [0.25, 0.3) is 10.9 Å². The molecule has 1 aromatic heterocycles. The summed E-state index contributed by atoms with van der Waals surface area (Å²) in [4.78, 5) is 4.16. The van der Waals surface area contributed by atoms with Gasteiger partial charge in [0.15, 0.2) is 0 Å². The van der Waals surface area contributed by atoms with Gasteiger partial charge in [0.1, 0.15) is 6.07 Å². The minimum atomic E-state index is 0.414. The number of halogens is 1. The van der Waals surface area contributed by atoms with Gasteiger partial charge in [-0.15, -0.1) is 0 Å². The summed E-state index contributed by atoms with van der Waals surface area (Å²) in [6.45, 7) is 1.89. The molecule has 0 fully saturated rings. The Labute approximate surface area is 97.6 Å². The van der Waals surface area contributed by atoms with Crippen LogP contribution in [0.5, 0.6) is 0 Å². The van der Waals surface area contributed by atoms with Crippen molar-refractivity contribution < 1.29 is 0 Å². The Morgan fingerprint density at radius 3 is 2.88 bits per heavy atom. The van der Waals surface area contributed by atoms with Crippen LogP contribution in [0, 0.1) is 18.3 Å². The summed E-state index contributed by atoms with van der Waals surface area (Å²) in [5, 5.41) is 10.4. The van der Waals surface area contributed by atoms with Crippen LogP contribution >= 0.6 is 11.6 Å². The van der Waals surface area contributed by atoms with E-state index in [1.807, 2.05) is 19.1 Å². The van der Waals surface area contributed by atoms with Gasteiger partial charge in [0.05, 0.1) is 16.8 Å². The van der Waals surface area contributed by atoms with Crippen molar-refractivity contribution in [3.63, 3.8) is 0 Å². The molecular weight excluding hydrogens is 224 g/mol. The molecule has 80 valence electrons. The smallest absolute Gasteiger partial charge is 0.103 e. The number of hydrogen-bond acceptors (Lipinski definition) is 4. The third-order valence-corrected chi connectivity index (χ3v) is 2.82.